The van der Waals surface area contributed by atoms with Crippen LogP contribution in [0.4, 0.5) is 4.39 Å². The van der Waals surface area contributed by atoms with Crippen LogP contribution in [0.3, 0.4) is 0 Å². The van der Waals surface area contributed by atoms with Crippen LogP contribution in [0.25, 0.3) is 0 Å². The van der Waals surface area contributed by atoms with E-state index in [1.165, 1.54) is 32.2 Å². The van der Waals surface area contributed by atoms with Gasteiger partial charge in [0.05, 0.1) is 13.0 Å². The fourth-order valence-corrected chi connectivity index (χ4v) is 1.09. The molecule has 1 aromatic rings. The van der Waals surface area contributed by atoms with Gasteiger partial charge >= 0.3 is 5.97 Å². The highest BCUT2D eigenvalue weighted by atomic mass is 19.1. The van der Waals surface area contributed by atoms with Crippen LogP contribution >= 0.6 is 0 Å². The molecule has 0 heterocycles. The Labute approximate surface area is 81.1 Å². The first-order chi connectivity index (χ1) is 6.56. The van der Waals surface area contributed by atoms with Gasteiger partial charge in [0, 0.05) is 0 Å². The lowest BCUT2D eigenvalue weighted by molar-refractivity contribution is -0.138. The van der Waals surface area contributed by atoms with Crippen molar-refractivity contribution < 1.29 is 19.0 Å². The maximum atomic E-state index is 13.0. The minimum atomic E-state index is -0.946. The van der Waals surface area contributed by atoms with Gasteiger partial charge in [0.2, 0.25) is 0 Å². The number of carbonyl (C=O) groups is 1. The van der Waals surface area contributed by atoms with E-state index in [1.54, 1.807) is 0 Å². The molecule has 0 saturated heterocycles. The molecule has 0 fully saturated rings. The standard InChI is InChI=1S/C10H11FO3/c1-6(10(12)13)7-3-4-8(11)9(5-7)14-2/h3-6H,1-2H3,(H,12,13). The van der Waals surface area contributed by atoms with E-state index in [0.717, 1.165) is 0 Å². The van der Waals surface area contributed by atoms with Crippen LogP contribution in [-0.4, -0.2) is 18.2 Å². The topological polar surface area (TPSA) is 46.5 Å². The van der Waals surface area contributed by atoms with Crippen molar-refractivity contribution in [3.05, 3.63) is 29.6 Å². The van der Waals surface area contributed by atoms with Crippen molar-refractivity contribution in [1.82, 2.24) is 0 Å². The van der Waals surface area contributed by atoms with Crippen LogP contribution in [0.5, 0.6) is 5.75 Å². The SMILES string of the molecule is COc1cc(C(C)C(=O)O)ccc1F. The molecule has 0 aliphatic rings. The van der Waals surface area contributed by atoms with Crippen LogP contribution in [-0.2, 0) is 4.79 Å². The third-order valence-electron chi connectivity index (χ3n) is 2.05. The number of rotatable bonds is 3. The zero-order chi connectivity index (χ0) is 10.7. The normalized spacial score (nSPS) is 12.2. The Balaban J connectivity index is 3.06. The molecule has 1 unspecified atom stereocenters. The minimum Gasteiger partial charge on any atom is -0.494 e. The highest BCUT2D eigenvalue weighted by Crippen LogP contribution is 2.23. The van der Waals surface area contributed by atoms with E-state index in [0.29, 0.717) is 5.56 Å². The number of benzene rings is 1. The lowest BCUT2D eigenvalue weighted by atomic mass is 10.0. The molecule has 0 bridgehead atoms. The molecule has 1 N–H and O–H groups in total. The van der Waals surface area contributed by atoms with Gasteiger partial charge in [-0.25, -0.2) is 4.39 Å². The summed E-state index contributed by atoms with van der Waals surface area (Å²) in [6, 6.07) is 4.04. The van der Waals surface area contributed by atoms with Crippen molar-refractivity contribution in [3.63, 3.8) is 0 Å². The number of carboxylic acids is 1. The van der Waals surface area contributed by atoms with E-state index in [2.05, 4.69) is 0 Å². The molecule has 0 aliphatic heterocycles. The molecule has 4 heteroatoms. The highest BCUT2D eigenvalue weighted by Gasteiger charge is 2.15. The number of aliphatic carboxylic acids is 1. The summed E-state index contributed by atoms with van der Waals surface area (Å²) in [5, 5.41) is 8.73. The molecule has 0 aliphatic carbocycles. The number of ether oxygens (including phenoxy) is 1. The van der Waals surface area contributed by atoms with E-state index < -0.39 is 17.7 Å². The van der Waals surface area contributed by atoms with Crippen molar-refractivity contribution in [1.29, 1.82) is 0 Å². The first kappa shape index (κ1) is 10.5. The lowest BCUT2D eigenvalue weighted by Crippen LogP contribution is -2.07. The lowest BCUT2D eigenvalue weighted by Gasteiger charge is -2.08. The molecule has 0 spiro atoms. The van der Waals surface area contributed by atoms with E-state index in [4.69, 9.17) is 9.84 Å². The Morgan fingerprint density at radius 2 is 2.21 bits per heavy atom. The van der Waals surface area contributed by atoms with Gasteiger partial charge in [0.1, 0.15) is 0 Å². The average Bonchev–Trinajstić information content (AvgIpc) is 2.17. The number of methoxy groups -OCH3 is 1. The molecule has 14 heavy (non-hydrogen) atoms. The Kier molecular flexibility index (Phi) is 3.06. The number of halogens is 1. The maximum Gasteiger partial charge on any atom is 0.310 e. The molecule has 0 saturated carbocycles. The molecule has 0 radical (unpaired) electrons. The van der Waals surface area contributed by atoms with Crippen LogP contribution in [0.1, 0.15) is 18.4 Å². The summed E-state index contributed by atoms with van der Waals surface area (Å²) in [6.45, 7) is 1.54. The monoisotopic (exact) mass is 198 g/mol. The summed E-state index contributed by atoms with van der Waals surface area (Å²) in [5.74, 6) is -2.03. The smallest absolute Gasteiger partial charge is 0.310 e. The van der Waals surface area contributed by atoms with E-state index in [1.807, 2.05) is 0 Å². The van der Waals surface area contributed by atoms with Gasteiger partial charge in [-0.3, -0.25) is 4.79 Å². The Bertz CT molecular complexity index is 349. The van der Waals surface area contributed by atoms with Gasteiger partial charge in [-0.1, -0.05) is 6.07 Å². The zero-order valence-corrected chi connectivity index (χ0v) is 7.95. The van der Waals surface area contributed by atoms with Gasteiger partial charge in [0.25, 0.3) is 0 Å². The Morgan fingerprint density at radius 3 is 2.71 bits per heavy atom. The van der Waals surface area contributed by atoms with Gasteiger partial charge < -0.3 is 9.84 Å². The van der Waals surface area contributed by atoms with Gasteiger partial charge in [-0.05, 0) is 24.6 Å². The highest BCUT2D eigenvalue weighted by molar-refractivity contribution is 5.75. The summed E-state index contributed by atoms with van der Waals surface area (Å²) in [7, 11) is 1.34. The van der Waals surface area contributed by atoms with Gasteiger partial charge in [0.15, 0.2) is 11.6 Å². The molecular weight excluding hydrogens is 187 g/mol. The molecule has 3 nitrogen and oxygen atoms in total. The zero-order valence-electron chi connectivity index (χ0n) is 7.95. The number of carboxylic acid groups (broad SMARTS) is 1. The fourth-order valence-electron chi connectivity index (χ4n) is 1.09. The van der Waals surface area contributed by atoms with Crippen molar-refractivity contribution in [2.24, 2.45) is 0 Å². The largest absolute Gasteiger partial charge is 0.494 e. The van der Waals surface area contributed by atoms with Crippen molar-refractivity contribution >= 4 is 5.97 Å². The Hall–Kier alpha value is -1.58. The summed E-state index contributed by atoms with van der Waals surface area (Å²) < 4.78 is 17.7. The molecule has 1 rings (SSSR count). The summed E-state index contributed by atoms with van der Waals surface area (Å²) in [4.78, 5) is 10.6. The second-order valence-electron chi connectivity index (χ2n) is 2.95. The molecule has 0 aromatic heterocycles. The number of hydrogen-bond acceptors (Lipinski definition) is 2. The predicted octanol–water partition coefficient (Wildman–Crippen LogP) is 2.02. The molecule has 0 amide bonds. The predicted molar refractivity (Wildman–Crippen MR) is 49.0 cm³/mol. The molecular formula is C10H11FO3. The van der Waals surface area contributed by atoms with Gasteiger partial charge in [-0.15, -0.1) is 0 Å². The third-order valence-corrected chi connectivity index (χ3v) is 2.05. The van der Waals surface area contributed by atoms with Crippen LogP contribution in [0, 0.1) is 5.82 Å². The van der Waals surface area contributed by atoms with E-state index in [-0.39, 0.29) is 5.75 Å². The number of hydrogen-bond donors (Lipinski definition) is 1. The molecule has 76 valence electrons. The summed E-state index contributed by atoms with van der Waals surface area (Å²) >= 11 is 0. The summed E-state index contributed by atoms with van der Waals surface area (Å²) in [6.07, 6.45) is 0. The quantitative estimate of drug-likeness (QED) is 0.808. The van der Waals surface area contributed by atoms with Crippen LogP contribution in [0.15, 0.2) is 18.2 Å². The van der Waals surface area contributed by atoms with Crippen molar-refractivity contribution in [2.75, 3.05) is 7.11 Å². The second-order valence-corrected chi connectivity index (χ2v) is 2.95. The average molecular weight is 198 g/mol. The third kappa shape index (κ3) is 2.02. The first-order valence-electron chi connectivity index (χ1n) is 4.12. The molecule has 1 aromatic carbocycles. The van der Waals surface area contributed by atoms with Crippen LogP contribution < -0.4 is 4.74 Å². The Morgan fingerprint density at radius 1 is 1.57 bits per heavy atom. The van der Waals surface area contributed by atoms with Crippen LogP contribution in [0.2, 0.25) is 0 Å². The summed E-state index contributed by atoms with van der Waals surface area (Å²) in [5.41, 5.74) is 0.524. The molecule has 1 atom stereocenters. The first-order valence-corrected chi connectivity index (χ1v) is 4.12. The van der Waals surface area contributed by atoms with Crippen molar-refractivity contribution in [2.45, 2.75) is 12.8 Å². The fraction of sp³-hybridized carbons (Fsp3) is 0.300. The minimum absolute atomic E-state index is 0.0654. The van der Waals surface area contributed by atoms with E-state index in [9.17, 15) is 9.18 Å². The second kappa shape index (κ2) is 4.09. The maximum absolute atomic E-state index is 13.0. The van der Waals surface area contributed by atoms with Crippen molar-refractivity contribution in [3.8, 4) is 5.75 Å². The van der Waals surface area contributed by atoms with E-state index >= 15 is 0 Å². The van der Waals surface area contributed by atoms with Gasteiger partial charge in [-0.2, -0.15) is 0 Å².